The van der Waals surface area contributed by atoms with Crippen LogP contribution in [0.25, 0.3) is 21.7 Å². The van der Waals surface area contributed by atoms with E-state index in [1.54, 1.807) is 12.1 Å². The Labute approximate surface area is 230 Å². The molecule has 1 N–H and O–H groups in total. The number of furan rings is 1. The maximum atomic E-state index is 12.5. The zero-order chi connectivity index (χ0) is 25.8. The van der Waals surface area contributed by atoms with Gasteiger partial charge in [0.2, 0.25) is 0 Å². The smallest absolute Gasteiger partial charge is 0.307 e. The van der Waals surface area contributed by atoms with Crippen LogP contribution in [0, 0.1) is 0 Å². The van der Waals surface area contributed by atoms with Crippen molar-refractivity contribution >= 4 is 65.7 Å². The molecule has 37 heavy (non-hydrogen) atoms. The van der Waals surface area contributed by atoms with Crippen molar-refractivity contribution in [1.29, 1.82) is 0 Å². The summed E-state index contributed by atoms with van der Waals surface area (Å²) in [6.45, 7) is 2.78. The summed E-state index contributed by atoms with van der Waals surface area (Å²) in [5, 5.41) is 7.25. The standard InChI is InChI=1S/C29H22Br2N2O4/c1-2-35-26-14-21(16-32-33-29(34)28-13-20-12-22(30)10-11-25(20)37-28)24(31)15-27(26)36-17-19-8-5-7-18-6-3-4-9-23(18)19/h3-16H,2,17H2,1H3,(H,33,34)/b32-16+. The van der Waals surface area contributed by atoms with Crippen LogP contribution in [0.3, 0.4) is 0 Å². The first-order chi connectivity index (χ1) is 18.0. The number of benzene rings is 4. The zero-order valence-corrected chi connectivity index (χ0v) is 23.0. The molecule has 1 aromatic heterocycles. The Bertz CT molecular complexity index is 1620. The van der Waals surface area contributed by atoms with E-state index in [0.717, 1.165) is 30.8 Å². The predicted octanol–water partition coefficient (Wildman–Crippen LogP) is 7.85. The molecule has 0 saturated carbocycles. The number of hydrazone groups is 1. The van der Waals surface area contributed by atoms with Crippen molar-refractivity contribution in [3.8, 4) is 11.5 Å². The van der Waals surface area contributed by atoms with Gasteiger partial charge in [0.1, 0.15) is 12.2 Å². The Morgan fingerprint density at radius 3 is 2.62 bits per heavy atom. The number of hydrogen-bond donors (Lipinski definition) is 1. The SMILES string of the molecule is CCOc1cc(/C=N/NC(=O)c2cc3cc(Br)ccc3o2)c(Br)cc1OCc1cccc2ccccc12. The van der Waals surface area contributed by atoms with Crippen LogP contribution in [0.2, 0.25) is 0 Å². The van der Waals surface area contributed by atoms with E-state index >= 15 is 0 Å². The highest BCUT2D eigenvalue weighted by Crippen LogP contribution is 2.34. The molecule has 1 heterocycles. The third-order valence-electron chi connectivity index (χ3n) is 5.70. The zero-order valence-electron chi connectivity index (χ0n) is 19.8. The van der Waals surface area contributed by atoms with Crippen molar-refractivity contribution in [2.45, 2.75) is 13.5 Å². The molecule has 6 nitrogen and oxygen atoms in total. The normalized spacial score (nSPS) is 11.3. The summed E-state index contributed by atoms with van der Waals surface area (Å²) in [6.07, 6.45) is 1.54. The minimum Gasteiger partial charge on any atom is -0.490 e. The molecule has 5 aromatic rings. The average molecular weight is 622 g/mol. The van der Waals surface area contributed by atoms with Gasteiger partial charge in [-0.1, -0.05) is 58.4 Å². The summed E-state index contributed by atoms with van der Waals surface area (Å²) >= 11 is 7.00. The molecular formula is C29H22Br2N2O4. The summed E-state index contributed by atoms with van der Waals surface area (Å²) in [7, 11) is 0. The van der Waals surface area contributed by atoms with Gasteiger partial charge >= 0.3 is 5.91 Å². The molecule has 0 bridgehead atoms. The van der Waals surface area contributed by atoms with Crippen LogP contribution in [0.15, 0.2) is 97.3 Å². The average Bonchev–Trinajstić information content (AvgIpc) is 3.33. The van der Waals surface area contributed by atoms with E-state index in [-0.39, 0.29) is 5.76 Å². The van der Waals surface area contributed by atoms with E-state index in [1.165, 1.54) is 11.6 Å². The van der Waals surface area contributed by atoms with Gasteiger partial charge in [-0.3, -0.25) is 4.79 Å². The van der Waals surface area contributed by atoms with Crippen LogP contribution in [0.1, 0.15) is 28.6 Å². The topological polar surface area (TPSA) is 73.1 Å². The Hall–Kier alpha value is -3.62. The van der Waals surface area contributed by atoms with Crippen molar-refractivity contribution < 1.29 is 18.7 Å². The first-order valence-corrected chi connectivity index (χ1v) is 13.2. The quantitative estimate of drug-likeness (QED) is 0.141. The number of rotatable bonds is 8. The van der Waals surface area contributed by atoms with Gasteiger partial charge in [0, 0.05) is 19.9 Å². The van der Waals surface area contributed by atoms with E-state index in [0.29, 0.717) is 30.3 Å². The van der Waals surface area contributed by atoms with Crippen molar-refractivity contribution in [3.63, 3.8) is 0 Å². The molecule has 8 heteroatoms. The summed E-state index contributed by atoms with van der Waals surface area (Å²) in [4.78, 5) is 12.5. The van der Waals surface area contributed by atoms with Crippen LogP contribution >= 0.6 is 31.9 Å². The molecule has 0 spiro atoms. The lowest BCUT2D eigenvalue weighted by atomic mass is 10.1. The minimum atomic E-state index is -0.445. The summed E-state index contributed by atoms with van der Waals surface area (Å²) in [6, 6.07) is 25.3. The second-order valence-corrected chi connectivity index (χ2v) is 9.94. The first kappa shape index (κ1) is 25.0. The van der Waals surface area contributed by atoms with E-state index < -0.39 is 5.91 Å². The van der Waals surface area contributed by atoms with Gasteiger partial charge in [-0.15, -0.1) is 0 Å². The molecule has 1 amide bonds. The number of hydrogen-bond acceptors (Lipinski definition) is 5. The molecule has 0 unspecified atom stereocenters. The predicted molar refractivity (Wildman–Crippen MR) is 153 cm³/mol. The minimum absolute atomic E-state index is 0.177. The van der Waals surface area contributed by atoms with Crippen LogP contribution in [-0.2, 0) is 6.61 Å². The lowest BCUT2D eigenvalue weighted by Gasteiger charge is -2.15. The maximum absolute atomic E-state index is 12.5. The van der Waals surface area contributed by atoms with Crippen molar-refractivity contribution in [1.82, 2.24) is 5.43 Å². The van der Waals surface area contributed by atoms with Gasteiger partial charge in [-0.05, 0) is 75.6 Å². The number of amides is 1. The van der Waals surface area contributed by atoms with Gasteiger partial charge in [0.15, 0.2) is 17.3 Å². The number of carbonyl (C=O) groups is 1. The van der Waals surface area contributed by atoms with Gasteiger partial charge < -0.3 is 13.9 Å². The Morgan fingerprint density at radius 2 is 1.76 bits per heavy atom. The Kier molecular flexibility index (Phi) is 7.58. The number of halogens is 2. The molecule has 0 radical (unpaired) electrons. The second-order valence-electron chi connectivity index (χ2n) is 8.17. The van der Waals surface area contributed by atoms with Crippen LogP contribution < -0.4 is 14.9 Å². The van der Waals surface area contributed by atoms with Gasteiger partial charge in [0.05, 0.1) is 12.8 Å². The Balaban J connectivity index is 1.31. The van der Waals surface area contributed by atoms with E-state index in [9.17, 15) is 4.79 Å². The van der Waals surface area contributed by atoms with Gasteiger partial charge in [0.25, 0.3) is 0 Å². The largest absolute Gasteiger partial charge is 0.490 e. The molecular weight excluding hydrogens is 600 g/mol. The summed E-state index contributed by atoms with van der Waals surface area (Å²) in [5.74, 6) is 0.925. The summed E-state index contributed by atoms with van der Waals surface area (Å²) in [5.41, 5.74) is 4.94. The molecule has 0 aliphatic rings. The van der Waals surface area contributed by atoms with E-state index in [1.807, 2.05) is 49.4 Å². The number of nitrogens with one attached hydrogen (secondary N) is 1. The molecule has 0 aliphatic carbocycles. The molecule has 0 atom stereocenters. The van der Waals surface area contributed by atoms with Gasteiger partial charge in [-0.2, -0.15) is 5.10 Å². The molecule has 186 valence electrons. The highest BCUT2D eigenvalue weighted by Gasteiger charge is 2.13. The fourth-order valence-corrected chi connectivity index (χ4v) is 4.75. The number of nitrogens with zero attached hydrogens (tertiary/aromatic N) is 1. The third kappa shape index (κ3) is 5.70. The van der Waals surface area contributed by atoms with Crippen molar-refractivity contribution in [2.75, 3.05) is 6.61 Å². The van der Waals surface area contributed by atoms with Crippen LogP contribution in [0.5, 0.6) is 11.5 Å². The van der Waals surface area contributed by atoms with Crippen molar-refractivity contribution in [3.05, 3.63) is 105 Å². The third-order valence-corrected chi connectivity index (χ3v) is 6.88. The molecule has 4 aromatic carbocycles. The van der Waals surface area contributed by atoms with Crippen molar-refractivity contribution in [2.24, 2.45) is 5.10 Å². The molecule has 0 aliphatic heterocycles. The number of fused-ring (bicyclic) bond motifs is 2. The lowest BCUT2D eigenvalue weighted by molar-refractivity contribution is 0.0929. The van der Waals surface area contributed by atoms with Crippen LogP contribution in [0.4, 0.5) is 0 Å². The monoisotopic (exact) mass is 620 g/mol. The fraction of sp³-hybridized carbons (Fsp3) is 0.103. The number of ether oxygens (including phenoxy) is 2. The molecule has 5 rings (SSSR count). The highest BCUT2D eigenvalue weighted by atomic mass is 79.9. The van der Waals surface area contributed by atoms with Crippen LogP contribution in [-0.4, -0.2) is 18.7 Å². The lowest BCUT2D eigenvalue weighted by Crippen LogP contribution is -2.16. The first-order valence-electron chi connectivity index (χ1n) is 11.6. The molecule has 0 saturated heterocycles. The number of carbonyl (C=O) groups excluding carboxylic acids is 1. The molecule has 0 fully saturated rings. The Morgan fingerprint density at radius 1 is 0.946 bits per heavy atom. The second kappa shape index (κ2) is 11.2. The van der Waals surface area contributed by atoms with E-state index in [4.69, 9.17) is 13.9 Å². The van der Waals surface area contributed by atoms with E-state index in [2.05, 4.69) is 66.7 Å². The highest BCUT2D eigenvalue weighted by molar-refractivity contribution is 9.10. The summed E-state index contributed by atoms with van der Waals surface area (Å²) < 4.78 is 19.3. The fourth-order valence-electron chi connectivity index (χ4n) is 3.95. The maximum Gasteiger partial charge on any atom is 0.307 e. The van der Waals surface area contributed by atoms with Gasteiger partial charge in [-0.25, -0.2) is 5.43 Å².